The van der Waals surface area contributed by atoms with Crippen LogP contribution < -0.4 is 0 Å². The highest BCUT2D eigenvalue weighted by Gasteiger charge is 2.33. The fraction of sp³-hybridized carbons (Fsp3) is 0.611. The van der Waals surface area contributed by atoms with Gasteiger partial charge in [-0.3, -0.25) is 4.79 Å². The molecule has 1 aromatic carbocycles. The van der Waals surface area contributed by atoms with Crippen molar-refractivity contribution in [1.82, 2.24) is 0 Å². The summed E-state index contributed by atoms with van der Waals surface area (Å²) in [4.78, 5) is 11.2. The number of aryl methyl sites for hydroxylation is 3. The number of benzene rings is 1. The van der Waals surface area contributed by atoms with Crippen LogP contribution in [0.1, 0.15) is 61.6 Å². The van der Waals surface area contributed by atoms with Crippen molar-refractivity contribution in [3.8, 4) is 0 Å². The van der Waals surface area contributed by atoms with Crippen LogP contribution in [0.5, 0.6) is 0 Å². The molecule has 0 atom stereocenters. The average molecular weight is 274 g/mol. The molecule has 2 nitrogen and oxygen atoms in total. The fourth-order valence-corrected chi connectivity index (χ4v) is 3.51. The molecule has 0 radical (unpaired) electrons. The number of aliphatic carboxylic acids is 1. The van der Waals surface area contributed by atoms with Gasteiger partial charge in [-0.2, -0.15) is 0 Å². The number of hydrogen-bond acceptors (Lipinski definition) is 1. The summed E-state index contributed by atoms with van der Waals surface area (Å²) in [6.45, 7) is 4.28. The lowest BCUT2D eigenvalue weighted by Gasteiger charge is -2.36. The van der Waals surface area contributed by atoms with Crippen molar-refractivity contribution in [3.05, 3.63) is 34.9 Å². The number of hydrogen-bond donors (Lipinski definition) is 1. The van der Waals surface area contributed by atoms with E-state index in [2.05, 4.69) is 32.0 Å². The average Bonchev–Trinajstić information content (AvgIpc) is 2.40. The first kappa shape index (κ1) is 15.1. The summed E-state index contributed by atoms with van der Waals surface area (Å²) in [6.07, 6.45) is 8.20. The molecule has 0 saturated heterocycles. The Morgan fingerprint density at radius 3 is 2.45 bits per heavy atom. The maximum atomic E-state index is 11.2. The smallest absolute Gasteiger partial charge is 0.303 e. The summed E-state index contributed by atoms with van der Waals surface area (Å²) in [7, 11) is 0. The molecule has 2 rings (SSSR count). The van der Waals surface area contributed by atoms with Gasteiger partial charge < -0.3 is 5.11 Å². The Bertz CT molecular complexity index is 470. The zero-order chi connectivity index (χ0) is 14.6. The predicted octanol–water partition coefficient (Wildman–Crippen LogP) is 4.66. The molecule has 0 aromatic heterocycles. The van der Waals surface area contributed by atoms with Crippen molar-refractivity contribution >= 4 is 5.97 Å². The van der Waals surface area contributed by atoms with Crippen LogP contribution in [0, 0.1) is 19.3 Å². The largest absolute Gasteiger partial charge is 0.481 e. The van der Waals surface area contributed by atoms with Crippen LogP contribution in [0.2, 0.25) is 0 Å². The molecule has 1 aliphatic rings. The maximum Gasteiger partial charge on any atom is 0.303 e. The molecule has 0 spiro atoms. The molecule has 2 heteroatoms. The molecular formula is C18H26O2. The number of carboxylic acid groups (broad SMARTS) is 1. The minimum Gasteiger partial charge on any atom is -0.481 e. The highest BCUT2D eigenvalue weighted by Crippen LogP contribution is 2.43. The van der Waals surface area contributed by atoms with Crippen molar-refractivity contribution < 1.29 is 9.90 Å². The summed E-state index contributed by atoms with van der Waals surface area (Å²) in [6, 6.07) is 6.63. The molecule has 20 heavy (non-hydrogen) atoms. The van der Waals surface area contributed by atoms with Gasteiger partial charge in [-0.05, 0) is 61.6 Å². The molecule has 1 N–H and O–H groups in total. The van der Waals surface area contributed by atoms with E-state index in [9.17, 15) is 9.90 Å². The molecule has 0 unspecified atom stereocenters. The normalized spacial score (nSPS) is 17.9. The van der Waals surface area contributed by atoms with Crippen LogP contribution >= 0.6 is 0 Å². The number of carbonyl (C=O) groups is 1. The van der Waals surface area contributed by atoms with Gasteiger partial charge >= 0.3 is 5.97 Å². The number of rotatable bonds is 5. The van der Waals surface area contributed by atoms with E-state index in [4.69, 9.17) is 0 Å². The first-order chi connectivity index (χ1) is 9.51. The molecule has 1 aliphatic carbocycles. The summed E-state index contributed by atoms with van der Waals surface area (Å²) in [5.74, 6) is -0.632. The molecule has 1 fully saturated rings. The number of carboxylic acids is 1. The quantitative estimate of drug-likeness (QED) is 0.847. The zero-order valence-corrected chi connectivity index (χ0v) is 12.7. The Morgan fingerprint density at radius 2 is 1.85 bits per heavy atom. The Kier molecular flexibility index (Phi) is 4.85. The van der Waals surface area contributed by atoms with Crippen LogP contribution in [0.15, 0.2) is 18.2 Å². The molecule has 0 bridgehead atoms. The second-order valence-electron chi connectivity index (χ2n) is 6.55. The molecule has 1 saturated carbocycles. The third kappa shape index (κ3) is 3.84. The van der Waals surface area contributed by atoms with Crippen LogP contribution in [0.3, 0.4) is 0 Å². The van der Waals surface area contributed by atoms with Crippen LogP contribution in [0.25, 0.3) is 0 Å². The third-order valence-corrected chi connectivity index (χ3v) is 4.96. The van der Waals surface area contributed by atoms with E-state index >= 15 is 0 Å². The Balaban J connectivity index is 2.04. The Morgan fingerprint density at radius 1 is 1.15 bits per heavy atom. The molecular weight excluding hydrogens is 248 g/mol. The maximum absolute atomic E-state index is 11.2. The van der Waals surface area contributed by atoms with Crippen molar-refractivity contribution in [2.24, 2.45) is 5.41 Å². The lowest BCUT2D eigenvalue weighted by molar-refractivity contribution is -0.140. The highest BCUT2D eigenvalue weighted by atomic mass is 16.4. The van der Waals surface area contributed by atoms with Crippen LogP contribution in [-0.4, -0.2) is 11.1 Å². The second-order valence-corrected chi connectivity index (χ2v) is 6.55. The highest BCUT2D eigenvalue weighted by molar-refractivity contribution is 5.67. The van der Waals surface area contributed by atoms with Gasteiger partial charge in [0.05, 0.1) is 6.42 Å². The molecule has 0 heterocycles. The van der Waals surface area contributed by atoms with Crippen molar-refractivity contribution in [3.63, 3.8) is 0 Å². The second kappa shape index (κ2) is 6.43. The van der Waals surface area contributed by atoms with Crippen molar-refractivity contribution in [1.29, 1.82) is 0 Å². The van der Waals surface area contributed by atoms with E-state index in [1.807, 2.05) is 0 Å². The van der Waals surface area contributed by atoms with Gasteiger partial charge in [-0.25, -0.2) is 0 Å². The molecule has 0 amide bonds. The minimum absolute atomic E-state index is 0.0445. The summed E-state index contributed by atoms with van der Waals surface area (Å²) >= 11 is 0. The summed E-state index contributed by atoms with van der Waals surface area (Å²) in [5, 5.41) is 9.21. The SMILES string of the molecule is Cc1ccc(CCC2(CC(=O)O)CCCCC2)cc1C. The lowest BCUT2D eigenvalue weighted by Crippen LogP contribution is -2.28. The predicted molar refractivity (Wildman–Crippen MR) is 82.0 cm³/mol. The third-order valence-electron chi connectivity index (χ3n) is 4.96. The minimum atomic E-state index is -0.632. The van der Waals surface area contributed by atoms with Gasteiger partial charge in [0.1, 0.15) is 0 Å². The first-order valence-electron chi connectivity index (χ1n) is 7.79. The van der Waals surface area contributed by atoms with Gasteiger partial charge in [0.25, 0.3) is 0 Å². The topological polar surface area (TPSA) is 37.3 Å². The zero-order valence-electron chi connectivity index (χ0n) is 12.7. The van der Waals surface area contributed by atoms with E-state index in [-0.39, 0.29) is 5.41 Å². The van der Waals surface area contributed by atoms with E-state index in [1.54, 1.807) is 0 Å². The van der Waals surface area contributed by atoms with Crippen molar-refractivity contribution in [2.45, 2.75) is 65.2 Å². The Hall–Kier alpha value is -1.31. The Labute approximate surface area is 122 Å². The van der Waals surface area contributed by atoms with Gasteiger partial charge in [0.2, 0.25) is 0 Å². The molecule has 110 valence electrons. The standard InChI is InChI=1S/C18H26O2/c1-14-6-7-16(12-15(14)2)8-11-18(13-17(19)20)9-4-3-5-10-18/h6-7,12H,3-5,8-11,13H2,1-2H3,(H,19,20). The van der Waals surface area contributed by atoms with Crippen molar-refractivity contribution in [2.75, 3.05) is 0 Å². The fourth-order valence-electron chi connectivity index (χ4n) is 3.51. The van der Waals surface area contributed by atoms with Crippen LogP contribution in [-0.2, 0) is 11.2 Å². The van der Waals surface area contributed by atoms with Gasteiger partial charge in [0, 0.05) is 0 Å². The summed E-state index contributed by atoms with van der Waals surface area (Å²) in [5.41, 5.74) is 4.05. The van der Waals surface area contributed by atoms with E-state index in [0.717, 1.165) is 25.7 Å². The lowest BCUT2D eigenvalue weighted by atomic mass is 9.68. The van der Waals surface area contributed by atoms with E-state index in [1.165, 1.54) is 36.0 Å². The van der Waals surface area contributed by atoms with E-state index in [0.29, 0.717) is 6.42 Å². The van der Waals surface area contributed by atoms with Gasteiger partial charge in [-0.15, -0.1) is 0 Å². The molecule has 0 aliphatic heterocycles. The van der Waals surface area contributed by atoms with Gasteiger partial charge in [0.15, 0.2) is 0 Å². The van der Waals surface area contributed by atoms with E-state index < -0.39 is 5.97 Å². The first-order valence-corrected chi connectivity index (χ1v) is 7.79. The summed E-state index contributed by atoms with van der Waals surface area (Å²) < 4.78 is 0. The molecule has 1 aromatic rings. The van der Waals surface area contributed by atoms with Crippen LogP contribution in [0.4, 0.5) is 0 Å². The van der Waals surface area contributed by atoms with Gasteiger partial charge in [-0.1, -0.05) is 37.5 Å². The monoisotopic (exact) mass is 274 g/mol.